The average Bonchev–Trinajstić information content (AvgIpc) is 2.46. The summed E-state index contributed by atoms with van der Waals surface area (Å²) in [6, 6.07) is 7.50. The van der Waals surface area contributed by atoms with Gasteiger partial charge in [-0.15, -0.1) is 0 Å². The SMILES string of the molecule is CCOC(OCC)(C(C)=O)c1ccc(O[Si](C)(C)C(C)(C)C)cc1. The number of hydrogen-bond donors (Lipinski definition) is 0. The summed E-state index contributed by atoms with van der Waals surface area (Å²) in [7, 11) is -1.89. The predicted octanol–water partition coefficient (Wildman–Crippen LogP) is 4.89. The zero-order valence-electron chi connectivity index (χ0n) is 16.4. The van der Waals surface area contributed by atoms with Gasteiger partial charge in [0.05, 0.1) is 0 Å². The van der Waals surface area contributed by atoms with Gasteiger partial charge in [0.2, 0.25) is 8.32 Å². The lowest BCUT2D eigenvalue weighted by atomic mass is 10.0. The van der Waals surface area contributed by atoms with Gasteiger partial charge in [0.15, 0.2) is 5.78 Å². The van der Waals surface area contributed by atoms with E-state index in [1.54, 1.807) is 0 Å². The fourth-order valence-corrected chi connectivity index (χ4v) is 3.24. The van der Waals surface area contributed by atoms with Crippen LogP contribution in [0, 0.1) is 0 Å². The Morgan fingerprint density at radius 2 is 1.46 bits per heavy atom. The van der Waals surface area contributed by atoms with E-state index in [4.69, 9.17) is 13.9 Å². The summed E-state index contributed by atoms with van der Waals surface area (Å²) in [6.07, 6.45) is 0. The van der Waals surface area contributed by atoms with Crippen LogP contribution in [0.3, 0.4) is 0 Å². The molecule has 0 radical (unpaired) electrons. The number of ether oxygens (including phenoxy) is 2. The van der Waals surface area contributed by atoms with Crippen molar-refractivity contribution < 1.29 is 18.7 Å². The van der Waals surface area contributed by atoms with Crippen LogP contribution in [-0.4, -0.2) is 27.3 Å². The first-order valence-corrected chi connectivity index (χ1v) is 11.5. The highest BCUT2D eigenvalue weighted by Crippen LogP contribution is 2.38. The quantitative estimate of drug-likeness (QED) is 0.494. The van der Waals surface area contributed by atoms with Crippen LogP contribution in [0.2, 0.25) is 18.1 Å². The Kier molecular flexibility index (Phi) is 6.79. The molecule has 0 fully saturated rings. The van der Waals surface area contributed by atoms with Crippen LogP contribution in [0.25, 0.3) is 0 Å². The summed E-state index contributed by atoms with van der Waals surface area (Å²) in [4.78, 5) is 12.2. The third kappa shape index (κ3) is 4.46. The molecule has 1 aromatic rings. The Balaban J connectivity index is 3.14. The van der Waals surface area contributed by atoms with E-state index in [9.17, 15) is 4.79 Å². The smallest absolute Gasteiger partial charge is 0.256 e. The minimum Gasteiger partial charge on any atom is -0.544 e. The maximum atomic E-state index is 12.2. The summed E-state index contributed by atoms with van der Waals surface area (Å²) in [5, 5.41) is 0.130. The first-order chi connectivity index (χ1) is 11.0. The zero-order chi connectivity index (χ0) is 18.6. The van der Waals surface area contributed by atoms with Crippen LogP contribution in [0.15, 0.2) is 24.3 Å². The first kappa shape index (κ1) is 20.9. The maximum Gasteiger partial charge on any atom is 0.256 e. The van der Waals surface area contributed by atoms with Gasteiger partial charge in [0.1, 0.15) is 5.75 Å². The van der Waals surface area contributed by atoms with Gasteiger partial charge >= 0.3 is 0 Å². The molecular formula is C19H32O4Si. The lowest BCUT2D eigenvalue weighted by molar-refractivity contribution is -0.231. The Labute approximate surface area is 147 Å². The van der Waals surface area contributed by atoms with Crippen molar-refractivity contribution in [2.75, 3.05) is 13.2 Å². The van der Waals surface area contributed by atoms with Gasteiger partial charge in [-0.25, -0.2) is 0 Å². The highest BCUT2D eigenvalue weighted by molar-refractivity contribution is 6.74. The van der Waals surface area contributed by atoms with Crippen LogP contribution >= 0.6 is 0 Å². The second-order valence-electron chi connectivity index (χ2n) is 7.43. The molecule has 0 saturated heterocycles. The lowest BCUT2D eigenvalue weighted by Gasteiger charge is -2.36. The number of Topliss-reactive ketones (excluding diaryl/α,β-unsaturated/α-hetero) is 1. The maximum absolute atomic E-state index is 12.2. The van der Waals surface area contributed by atoms with E-state index in [0.29, 0.717) is 18.8 Å². The van der Waals surface area contributed by atoms with Crippen molar-refractivity contribution in [3.8, 4) is 5.75 Å². The largest absolute Gasteiger partial charge is 0.544 e. The van der Waals surface area contributed by atoms with E-state index in [-0.39, 0.29) is 10.8 Å². The molecule has 0 aliphatic carbocycles. The van der Waals surface area contributed by atoms with Crippen LogP contribution in [0.5, 0.6) is 5.75 Å². The Bertz CT molecular complexity index is 537. The fourth-order valence-electron chi connectivity index (χ4n) is 2.21. The topological polar surface area (TPSA) is 44.8 Å². The Morgan fingerprint density at radius 1 is 1.00 bits per heavy atom. The normalized spacial score (nSPS) is 13.0. The molecule has 0 aliphatic heterocycles. The molecule has 5 heteroatoms. The Morgan fingerprint density at radius 3 is 1.79 bits per heavy atom. The molecule has 0 spiro atoms. The molecule has 0 heterocycles. The van der Waals surface area contributed by atoms with Gasteiger partial charge in [-0.1, -0.05) is 20.8 Å². The summed E-state index contributed by atoms with van der Waals surface area (Å²) >= 11 is 0. The average molecular weight is 353 g/mol. The third-order valence-corrected chi connectivity index (χ3v) is 8.93. The Hall–Kier alpha value is -1.17. The van der Waals surface area contributed by atoms with Gasteiger partial charge in [-0.3, -0.25) is 4.79 Å². The summed E-state index contributed by atoms with van der Waals surface area (Å²) in [5.41, 5.74) is 0.696. The van der Waals surface area contributed by atoms with E-state index < -0.39 is 14.1 Å². The molecule has 1 rings (SSSR count). The van der Waals surface area contributed by atoms with Crippen LogP contribution in [-0.2, 0) is 20.1 Å². The minimum absolute atomic E-state index is 0.130. The summed E-state index contributed by atoms with van der Waals surface area (Å²) in [6.45, 7) is 17.0. The fraction of sp³-hybridized carbons (Fsp3) is 0.632. The standard InChI is InChI=1S/C19H32O4Si/c1-9-21-19(15(3)20,22-10-2)16-11-13-17(14-12-16)23-24(7,8)18(4,5)6/h11-14H,9-10H2,1-8H3. The van der Waals surface area contributed by atoms with Crippen molar-refractivity contribution in [3.05, 3.63) is 29.8 Å². The number of rotatable bonds is 8. The molecule has 136 valence electrons. The van der Waals surface area contributed by atoms with Crippen molar-refractivity contribution in [1.29, 1.82) is 0 Å². The lowest BCUT2D eigenvalue weighted by Crippen LogP contribution is -2.44. The summed E-state index contributed by atoms with van der Waals surface area (Å²) < 4.78 is 17.7. The number of carbonyl (C=O) groups is 1. The number of ketones is 1. The molecule has 24 heavy (non-hydrogen) atoms. The molecule has 0 aliphatic rings. The minimum atomic E-state index is -1.89. The van der Waals surface area contributed by atoms with Gasteiger partial charge in [0, 0.05) is 25.7 Å². The molecule has 1 aromatic carbocycles. The van der Waals surface area contributed by atoms with Gasteiger partial charge in [0.25, 0.3) is 5.79 Å². The van der Waals surface area contributed by atoms with Crippen molar-refractivity contribution >= 4 is 14.1 Å². The van der Waals surface area contributed by atoms with Crippen molar-refractivity contribution in [2.45, 2.75) is 65.5 Å². The van der Waals surface area contributed by atoms with E-state index in [0.717, 1.165) is 5.75 Å². The molecule has 0 aromatic heterocycles. The molecule has 4 nitrogen and oxygen atoms in total. The van der Waals surface area contributed by atoms with Gasteiger partial charge in [-0.2, -0.15) is 0 Å². The highest BCUT2D eigenvalue weighted by atomic mass is 28.4. The van der Waals surface area contributed by atoms with Crippen LogP contribution in [0.4, 0.5) is 0 Å². The predicted molar refractivity (Wildman–Crippen MR) is 99.9 cm³/mol. The number of carbonyl (C=O) groups excluding carboxylic acids is 1. The number of benzene rings is 1. The van der Waals surface area contributed by atoms with Crippen LogP contribution in [0.1, 0.15) is 47.1 Å². The van der Waals surface area contributed by atoms with E-state index in [2.05, 4.69) is 33.9 Å². The van der Waals surface area contributed by atoms with Gasteiger partial charge in [-0.05, 0) is 56.2 Å². The van der Waals surface area contributed by atoms with Gasteiger partial charge < -0.3 is 13.9 Å². The molecule has 0 atom stereocenters. The van der Waals surface area contributed by atoms with E-state index in [1.165, 1.54) is 6.92 Å². The van der Waals surface area contributed by atoms with E-state index in [1.807, 2.05) is 38.1 Å². The molecule has 0 amide bonds. The van der Waals surface area contributed by atoms with Crippen molar-refractivity contribution in [2.24, 2.45) is 0 Å². The number of hydrogen-bond acceptors (Lipinski definition) is 4. The van der Waals surface area contributed by atoms with E-state index >= 15 is 0 Å². The molecule has 0 unspecified atom stereocenters. The summed E-state index contributed by atoms with van der Waals surface area (Å²) in [5.74, 6) is -0.681. The molecule has 0 N–H and O–H groups in total. The zero-order valence-corrected chi connectivity index (χ0v) is 17.4. The second kappa shape index (κ2) is 7.81. The monoisotopic (exact) mass is 352 g/mol. The second-order valence-corrected chi connectivity index (χ2v) is 12.2. The van der Waals surface area contributed by atoms with Crippen LogP contribution < -0.4 is 4.43 Å². The highest BCUT2D eigenvalue weighted by Gasteiger charge is 2.41. The first-order valence-electron chi connectivity index (χ1n) is 8.58. The van der Waals surface area contributed by atoms with Crippen molar-refractivity contribution in [1.82, 2.24) is 0 Å². The molecule has 0 bridgehead atoms. The third-order valence-electron chi connectivity index (χ3n) is 4.57. The molecule has 0 saturated carbocycles. The molecular weight excluding hydrogens is 320 g/mol. The van der Waals surface area contributed by atoms with Crippen molar-refractivity contribution in [3.63, 3.8) is 0 Å².